The van der Waals surface area contributed by atoms with Crippen molar-refractivity contribution in [2.24, 2.45) is 5.92 Å². The van der Waals surface area contributed by atoms with Crippen LogP contribution in [0.4, 0.5) is 5.69 Å². The summed E-state index contributed by atoms with van der Waals surface area (Å²) >= 11 is 0. The molecule has 3 aliphatic heterocycles. The van der Waals surface area contributed by atoms with E-state index in [-0.39, 0.29) is 5.91 Å². The van der Waals surface area contributed by atoms with Crippen molar-refractivity contribution < 1.29 is 9.21 Å². The Labute approximate surface area is 233 Å². The zero-order valence-corrected chi connectivity index (χ0v) is 23.5. The summed E-state index contributed by atoms with van der Waals surface area (Å²) in [5.41, 5.74) is 4.54. The fourth-order valence-electron chi connectivity index (χ4n) is 6.90. The van der Waals surface area contributed by atoms with Gasteiger partial charge in [-0.2, -0.15) is 0 Å². The summed E-state index contributed by atoms with van der Waals surface area (Å²) in [6, 6.07) is 17.6. The summed E-state index contributed by atoms with van der Waals surface area (Å²) in [5, 5.41) is 3.33. The molecule has 6 heteroatoms. The lowest BCUT2D eigenvalue weighted by atomic mass is 9.83. The quantitative estimate of drug-likeness (QED) is 0.405. The monoisotopic (exact) mass is 528 g/mol. The summed E-state index contributed by atoms with van der Waals surface area (Å²) in [6.07, 6.45) is 11.6. The number of hydrogen-bond acceptors (Lipinski definition) is 5. The van der Waals surface area contributed by atoms with E-state index in [2.05, 4.69) is 57.4 Å². The molecular formula is C33H44N4O2. The molecule has 1 aromatic carbocycles. The highest BCUT2D eigenvalue weighted by Gasteiger charge is 2.28. The van der Waals surface area contributed by atoms with Crippen LogP contribution in [-0.2, 0) is 0 Å². The zero-order valence-electron chi connectivity index (χ0n) is 23.5. The van der Waals surface area contributed by atoms with E-state index < -0.39 is 0 Å². The SMILES string of the molecule is CN1CCN(c2ccc(C(=O)N[C@H]3CC[C@H](CCN4CCCCC4c4coc5cccc-5c4)CC3)cc2)CC1. The molecule has 1 unspecified atom stereocenters. The van der Waals surface area contributed by atoms with Crippen LogP contribution in [0.25, 0.3) is 11.3 Å². The summed E-state index contributed by atoms with van der Waals surface area (Å²) in [5.74, 6) is 1.81. The van der Waals surface area contributed by atoms with Crippen molar-refractivity contribution >= 4 is 11.6 Å². The second-order valence-electron chi connectivity index (χ2n) is 12.1. The van der Waals surface area contributed by atoms with E-state index in [9.17, 15) is 4.79 Å². The van der Waals surface area contributed by atoms with Crippen molar-refractivity contribution in [1.29, 1.82) is 0 Å². The van der Waals surface area contributed by atoms with Crippen molar-refractivity contribution in [3.63, 3.8) is 0 Å². The average molecular weight is 529 g/mol. The molecule has 6 nitrogen and oxygen atoms in total. The lowest BCUT2D eigenvalue weighted by Gasteiger charge is -2.37. The topological polar surface area (TPSA) is 52.0 Å². The van der Waals surface area contributed by atoms with Gasteiger partial charge in [0.1, 0.15) is 5.76 Å². The predicted octanol–water partition coefficient (Wildman–Crippen LogP) is 6.04. The minimum Gasteiger partial charge on any atom is -0.464 e. The van der Waals surface area contributed by atoms with E-state index in [1.807, 2.05) is 24.5 Å². The molecule has 1 amide bonds. The largest absolute Gasteiger partial charge is 0.464 e. The second-order valence-corrected chi connectivity index (χ2v) is 12.1. The number of nitrogens with one attached hydrogen (secondary N) is 1. The predicted molar refractivity (Wildman–Crippen MR) is 157 cm³/mol. The van der Waals surface area contributed by atoms with Crippen LogP contribution in [-0.4, -0.2) is 68.1 Å². The van der Waals surface area contributed by atoms with Gasteiger partial charge in [0.2, 0.25) is 0 Å². The third kappa shape index (κ3) is 6.33. The first-order valence-electron chi connectivity index (χ1n) is 15.2. The minimum atomic E-state index is 0.0757. The fraction of sp³-hybridized carbons (Fsp3) is 0.545. The van der Waals surface area contributed by atoms with Gasteiger partial charge in [0, 0.05) is 60.6 Å². The first kappa shape index (κ1) is 26.4. The Morgan fingerprint density at radius 3 is 2.51 bits per heavy atom. The first-order chi connectivity index (χ1) is 19.1. The summed E-state index contributed by atoms with van der Waals surface area (Å²) in [7, 11) is 2.17. The molecule has 2 saturated heterocycles. The van der Waals surface area contributed by atoms with Gasteiger partial charge in [0.15, 0.2) is 0 Å². The Morgan fingerprint density at radius 1 is 0.923 bits per heavy atom. The molecule has 1 atom stereocenters. The normalized spacial score (nSPS) is 25.2. The number of hydrogen-bond donors (Lipinski definition) is 1. The maximum Gasteiger partial charge on any atom is 0.251 e. The van der Waals surface area contributed by atoms with E-state index in [0.717, 1.165) is 62.8 Å². The number of amides is 1. The van der Waals surface area contributed by atoms with Crippen LogP contribution < -0.4 is 10.2 Å². The molecule has 3 heterocycles. The standard InChI is InChI=1S/C33H44N4O2/c1-35-19-21-36(22-20-35)30-14-10-26(11-15-30)33(38)34-29-12-8-25(9-13-29)16-18-37-17-3-2-6-31(37)28-23-27-5-4-7-32(27)39-24-28/h4-5,7,10-11,14-15,23-25,29,31H,2-3,6,8-9,12-13,16-22H2,1H3,(H,34,38)/t25-,29-,31?. The van der Waals surface area contributed by atoms with Crippen LogP contribution in [0.3, 0.4) is 0 Å². The molecule has 3 fully saturated rings. The molecule has 5 aliphatic rings. The number of fused-ring (bicyclic) bond motifs is 1. The van der Waals surface area contributed by atoms with Gasteiger partial charge in [0.25, 0.3) is 5.91 Å². The highest BCUT2D eigenvalue weighted by molar-refractivity contribution is 5.94. The van der Waals surface area contributed by atoms with Crippen LogP contribution >= 0.6 is 0 Å². The van der Waals surface area contributed by atoms with Gasteiger partial charge in [-0.15, -0.1) is 0 Å². The van der Waals surface area contributed by atoms with Gasteiger partial charge in [0.05, 0.1) is 6.26 Å². The smallest absolute Gasteiger partial charge is 0.251 e. The Kier molecular flexibility index (Phi) is 8.21. The van der Waals surface area contributed by atoms with E-state index in [0.29, 0.717) is 12.1 Å². The van der Waals surface area contributed by atoms with Crippen LogP contribution in [0, 0.1) is 5.92 Å². The number of carbonyl (C=O) groups is 1. The molecular weight excluding hydrogens is 484 g/mol. The van der Waals surface area contributed by atoms with Crippen LogP contribution in [0.1, 0.15) is 73.3 Å². The zero-order chi connectivity index (χ0) is 26.6. The lowest BCUT2D eigenvalue weighted by Crippen LogP contribution is -2.44. The van der Waals surface area contributed by atoms with Crippen molar-refractivity contribution in [2.75, 3.05) is 51.2 Å². The highest BCUT2D eigenvalue weighted by Crippen LogP contribution is 2.36. The molecule has 1 aromatic rings. The Balaban J connectivity index is 0.959. The van der Waals surface area contributed by atoms with Gasteiger partial charge in [-0.1, -0.05) is 18.6 Å². The molecule has 208 valence electrons. The van der Waals surface area contributed by atoms with Crippen LogP contribution in [0.15, 0.2) is 59.2 Å². The third-order valence-electron chi connectivity index (χ3n) is 9.45. The van der Waals surface area contributed by atoms with E-state index in [4.69, 9.17) is 4.42 Å². The number of carbonyl (C=O) groups excluding carboxylic acids is 1. The van der Waals surface area contributed by atoms with Crippen LogP contribution in [0.5, 0.6) is 0 Å². The van der Waals surface area contributed by atoms with Crippen molar-refractivity contribution in [1.82, 2.24) is 15.1 Å². The number of likely N-dealkylation sites (tertiary alicyclic amines) is 1. The van der Waals surface area contributed by atoms with Gasteiger partial charge in [-0.05, 0) is 107 Å². The molecule has 0 spiro atoms. The molecule has 1 N–H and O–H groups in total. The molecule has 0 bridgehead atoms. The van der Waals surface area contributed by atoms with Gasteiger partial charge in [-0.25, -0.2) is 0 Å². The number of benzene rings is 1. The molecule has 1 saturated carbocycles. The molecule has 0 radical (unpaired) electrons. The van der Waals surface area contributed by atoms with Gasteiger partial charge in [-0.3, -0.25) is 9.69 Å². The highest BCUT2D eigenvalue weighted by atomic mass is 16.3. The summed E-state index contributed by atoms with van der Waals surface area (Å²) < 4.78 is 5.93. The van der Waals surface area contributed by atoms with Crippen molar-refractivity contribution in [2.45, 2.75) is 63.5 Å². The molecule has 39 heavy (non-hydrogen) atoms. The number of likely N-dealkylation sites (N-methyl/N-ethyl adjacent to an activating group) is 1. The minimum absolute atomic E-state index is 0.0757. The fourth-order valence-corrected chi connectivity index (χ4v) is 6.90. The maximum atomic E-state index is 12.9. The second kappa shape index (κ2) is 12.1. The van der Waals surface area contributed by atoms with E-state index in [1.165, 1.54) is 61.9 Å². The lowest BCUT2D eigenvalue weighted by molar-refractivity contribution is 0.0915. The Hall–Kier alpha value is -2.83. The average Bonchev–Trinajstić information content (AvgIpc) is 3.46. The summed E-state index contributed by atoms with van der Waals surface area (Å²) in [6.45, 7) is 6.61. The maximum absolute atomic E-state index is 12.9. The number of piperazine rings is 1. The van der Waals surface area contributed by atoms with Crippen molar-refractivity contribution in [3.8, 4) is 11.3 Å². The molecule has 0 aromatic heterocycles. The van der Waals surface area contributed by atoms with Gasteiger partial charge >= 0.3 is 0 Å². The Bertz CT molecular complexity index is 1170. The third-order valence-corrected chi connectivity index (χ3v) is 9.45. The van der Waals surface area contributed by atoms with Gasteiger partial charge < -0.3 is 19.5 Å². The first-order valence-corrected chi connectivity index (χ1v) is 15.2. The molecule has 2 aliphatic carbocycles. The van der Waals surface area contributed by atoms with Crippen molar-refractivity contribution in [3.05, 3.63) is 65.9 Å². The Morgan fingerprint density at radius 2 is 1.72 bits per heavy atom. The van der Waals surface area contributed by atoms with Crippen LogP contribution in [0.2, 0.25) is 0 Å². The number of rotatable bonds is 7. The van der Waals surface area contributed by atoms with E-state index >= 15 is 0 Å². The number of anilines is 1. The van der Waals surface area contributed by atoms with E-state index in [1.54, 1.807) is 0 Å². The number of piperidine rings is 1. The molecule has 6 rings (SSSR count). The summed E-state index contributed by atoms with van der Waals surface area (Å²) in [4.78, 5) is 20.4. The number of nitrogens with zero attached hydrogens (tertiary/aromatic N) is 3.